The van der Waals surface area contributed by atoms with Crippen LogP contribution in [0.25, 0.3) is 76.5 Å². The van der Waals surface area contributed by atoms with Crippen molar-refractivity contribution >= 4 is 100 Å². The summed E-state index contributed by atoms with van der Waals surface area (Å²) in [6.45, 7) is 0. The fraction of sp³-hybridized carbons (Fsp3) is 0. The van der Waals surface area contributed by atoms with Gasteiger partial charge in [-0.05, 0) is 112 Å². The van der Waals surface area contributed by atoms with Crippen LogP contribution in [0.15, 0.2) is 277 Å². The van der Waals surface area contributed by atoms with Crippen LogP contribution in [-0.2, 0) is 0 Å². The second-order valence-corrected chi connectivity index (χ2v) is 21.8. The monoisotopic (exact) mass is 895 g/mol. The van der Waals surface area contributed by atoms with E-state index >= 15 is 0 Å². The number of anilines is 3. The number of furan rings is 1. The minimum absolute atomic E-state index is 0.889. The standard InChI is InChI=1S/C66H45NOSi/c1-5-18-46(19-6-1)57-27-13-14-28-58(57)47-34-37-51(38-35-47)67(63-30-17-20-48-36-41-62-61-29-15-16-31-64(61)68-66(62)65(48)63)52-39-42-59-49(44-52)32-33-50-45-56(40-43-60(50)59)69(53-21-7-2-8-22-53,54-23-9-3-10-24-54)55-25-11-4-12-26-55/h1-45H. The number of para-hydroxylation sites is 1. The minimum atomic E-state index is -2.70. The van der Waals surface area contributed by atoms with Gasteiger partial charge in [-0.2, -0.15) is 0 Å². The lowest BCUT2D eigenvalue weighted by Crippen LogP contribution is -2.74. The molecule has 0 saturated heterocycles. The maximum Gasteiger partial charge on any atom is 0.179 e. The minimum Gasteiger partial charge on any atom is -0.455 e. The first-order valence-corrected chi connectivity index (χ1v) is 25.7. The van der Waals surface area contributed by atoms with Crippen LogP contribution in [0, 0.1) is 0 Å². The molecule has 13 aromatic rings. The molecule has 3 heteroatoms. The molecule has 0 amide bonds. The largest absolute Gasteiger partial charge is 0.455 e. The average Bonchev–Trinajstić information content (AvgIpc) is 3.82. The number of rotatable bonds is 9. The fourth-order valence-electron chi connectivity index (χ4n) is 11.0. The van der Waals surface area contributed by atoms with Gasteiger partial charge in [-0.3, -0.25) is 0 Å². The predicted molar refractivity (Wildman–Crippen MR) is 295 cm³/mol. The lowest BCUT2D eigenvalue weighted by molar-refractivity contribution is 0.672. The summed E-state index contributed by atoms with van der Waals surface area (Å²) in [6.07, 6.45) is 0. The van der Waals surface area contributed by atoms with Gasteiger partial charge in [0.2, 0.25) is 0 Å². The molecule has 1 heterocycles. The molecule has 0 fully saturated rings. The maximum atomic E-state index is 6.77. The number of benzene rings is 12. The Morgan fingerprint density at radius 1 is 0.304 bits per heavy atom. The normalized spacial score (nSPS) is 11.8. The molecule has 324 valence electrons. The van der Waals surface area contributed by atoms with Crippen molar-refractivity contribution in [2.24, 2.45) is 0 Å². The van der Waals surface area contributed by atoms with Gasteiger partial charge in [-0.15, -0.1) is 0 Å². The van der Waals surface area contributed by atoms with Crippen molar-refractivity contribution in [1.82, 2.24) is 0 Å². The highest BCUT2D eigenvalue weighted by Crippen LogP contribution is 2.45. The second-order valence-electron chi connectivity index (χ2n) is 18.0. The van der Waals surface area contributed by atoms with Crippen LogP contribution >= 0.6 is 0 Å². The maximum absolute atomic E-state index is 6.77. The van der Waals surface area contributed by atoms with Crippen molar-refractivity contribution in [3.63, 3.8) is 0 Å². The Bertz CT molecular complexity index is 3900. The highest BCUT2D eigenvalue weighted by molar-refractivity contribution is 7.20. The van der Waals surface area contributed by atoms with E-state index in [0.29, 0.717) is 0 Å². The van der Waals surface area contributed by atoms with Crippen molar-refractivity contribution in [2.75, 3.05) is 4.90 Å². The Hall–Kier alpha value is -8.76. The summed E-state index contributed by atoms with van der Waals surface area (Å²) >= 11 is 0. The molecule has 0 spiro atoms. The molecule has 69 heavy (non-hydrogen) atoms. The van der Waals surface area contributed by atoms with Crippen LogP contribution in [0.5, 0.6) is 0 Å². The molecule has 0 atom stereocenters. The summed E-state index contributed by atoms with van der Waals surface area (Å²) in [5.74, 6) is 0. The van der Waals surface area contributed by atoms with Gasteiger partial charge in [0.25, 0.3) is 0 Å². The summed E-state index contributed by atoms with van der Waals surface area (Å²) < 4.78 is 6.77. The molecule has 0 aliphatic rings. The Kier molecular flexibility index (Phi) is 9.88. The highest BCUT2D eigenvalue weighted by atomic mass is 28.3. The van der Waals surface area contributed by atoms with Crippen LogP contribution in [-0.4, -0.2) is 8.07 Å². The molecule has 13 rings (SSSR count). The molecule has 0 aliphatic carbocycles. The summed E-state index contributed by atoms with van der Waals surface area (Å²) in [7, 11) is -2.70. The lowest BCUT2D eigenvalue weighted by Gasteiger charge is -2.34. The van der Waals surface area contributed by atoms with Crippen LogP contribution in [0.3, 0.4) is 0 Å². The second kappa shape index (κ2) is 16.8. The molecule has 0 aliphatic heterocycles. The molecule has 0 unspecified atom stereocenters. The fourth-order valence-corrected chi connectivity index (χ4v) is 15.8. The molecule has 1 aromatic heterocycles. The smallest absolute Gasteiger partial charge is 0.179 e. The third-order valence-electron chi connectivity index (χ3n) is 14.2. The van der Waals surface area contributed by atoms with Gasteiger partial charge in [-0.1, -0.05) is 231 Å². The number of hydrogen-bond acceptors (Lipinski definition) is 2. The van der Waals surface area contributed by atoms with E-state index in [1.807, 2.05) is 6.07 Å². The number of fused-ring (bicyclic) bond motifs is 8. The van der Waals surface area contributed by atoms with Gasteiger partial charge < -0.3 is 9.32 Å². The van der Waals surface area contributed by atoms with Crippen molar-refractivity contribution in [3.05, 3.63) is 273 Å². The molecular weight excluding hydrogens is 851 g/mol. The summed E-state index contributed by atoms with van der Waals surface area (Å²) in [5.41, 5.74) is 9.76. The lowest BCUT2D eigenvalue weighted by atomic mass is 9.94. The van der Waals surface area contributed by atoms with E-state index in [2.05, 4.69) is 272 Å². The quantitative estimate of drug-likeness (QED) is 0.0815. The van der Waals surface area contributed by atoms with E-state index in [0.717, 1.165) is 49.8 Å². The first kappa shape index (κ1) is 40.5. The molecule has 0 radical (unpaired) electrons. The van der Waals surface area contributed by atoms with Crippen molar-refractivity contribution in [1.29, 1.82) is 0 Å². The molecule has 12 aromatic carbocycles. The zero-order valence-corrected chi connectivity index (χ0v) is 38.8. The Labute approximate surface area is 402 Å². The Balaban J connectivity index is 0.986. The molecular formula is C66H45NOSi. The van der Waals surface area contributed by atoms with E-state index < -0.39 is 8.07 Å². The van der Waals surface area contributed by atoms with E-state index in [4.69, 9.17) is 4.42 Å². The van der Waals surface area contributed by atoms with Crippen molar-refractivity contribution in [2.45, 2.75) is 0 Å². The third-order valence-corrected chi connectivity index (χ3v) is 19.0. The van der Waals surface area contributed by atoms with Crippen LogP contribution in [0.4, 0.5) is 17.1 Å². The van der Waals surface area contributed by atoms with Gasteiger partial charge in [-0.25, -0.2) is 0 Å². The SMILES string of the molecule is c1ccc(-c2ccccc2-c2ccc(N(c3ccc4c(ccc5cc([Si](c6ccccc6)(c6ccccc6)c6ccccc6)ccc54)c3)c3cccc4ccc5c6ccccc6oc5c34)cc2)cc1. The van der Waals surface area contributed by atoms with E-state index in [1.165, 1.54) is 64.5 Å². The molecule has 2 nitrogen and oxygen atoms in total. The Morgan fingerprint density at radius 3 is 1.46 bits per heavy atom. The summed E-state index contributed by atoms with van der Waals surface area (Å²) in [5, 5.41) is 14.8. The number of nitrogens with zero attached hydrogens (tertiary/aromatic N) is 1. The van der Waals surface area contributed by atoms with Crippen LogP contribution < -0.4 is 25.6 Å². The van der Waals surface area contributed by atoms with Crippen molar-refractivity contribution in [3.8, 4) is 22.3 Å². The van der Waals surface area contributed by atoms with Gasteiger partial charge in [0, 0.05) is 27.5 Å². The van der Waals surface area contributed by atoms with E-state index in [-0.39, 0.29) is 0 Å². The number of hydrogen-bond donors (Lipinski definition) is 0. The molecule has 0 N–H and O–H groups in total. The van der Waals surface area contributed by atoms with Gasteiger partial charge in [0.05, 0.1) is 5.69 Å². The zero-order chi connectivity index (χ0) is 45.7. The van der Waals surface area contributed by atoms with Crippen LogP contribution in [0.2, 0.25) is 0 Å². The van der Waals surface area contributed by atoms with E-state index in [9.17, 15) is 0 Å². The topological polar surface area (TPSA) is 16.4 Å². The highest BCUT2D eigenvalue weighted by Gasteiger charge is 2.41. The van der Waals surface area contributed by atoms with Gasteiger partial charge >= 0.3 is 0 Å². The molecule has 0 saturated carbocycles. The van der Waals surface area contributed by atoms with Gasteiger partial charge in [0.1, 0.15) is 11.2 Å². The summed E-state index contributed by atoms with van der Waals surface area (Å²) in [4.78, 5) is 2.41. The average molecular weight is 896 g/mol. The first-order chi connectivity index (χ1) is 34.2. The summed E-state index contributed by atoms with van der Waals surface area (Å²) in [6, 6.07) is 100. The predicted octanol–water partition coefficient (Wildman–Crippen LogP) is 15.2. The third kappa shape index (κ3) is 6.78. The Morgan fingerprint density at radius 2 is 0.812 bits per heavy atom. The first-order valence-electron chi connectivity index (χ1n) is 23.7. The molecule has 0 bridgehead atoms. The van der Waals surface area contributed by atoms with E-state index in [1.54, 1.807) is 0 Å². The van der Waals surface area contributed by atoms with Crippen molar-refractivity contribution < 1.29 is 4.42 Å². The zero-order valence-electron chi connectivity index (χ0n) is 37.8. The van der Waals surface area contributed by atoms with Crippen LogP contribution in [0.1, 0.15) is 0 Å². The van der Waals surface area contributed by atoms with Gasteiger partial charge in [0.15, 0.2) is 8.07 Å².